The highest BCUT2D eigenvalue weighted by Crippen LogP contribution is 2.34. The summed E-state index contributed by atoms with van der Waals surface area (Å²) in [6.07, 6.45) is 6.92. The predicted octanol–water partition coefficient (Wildman–Crippen LogP) is 3.53. The van der Waals surface area contributed by atoms with Crippen LogP contribution in [0.5, 0.6) is 0 Å². The van der Waals surface area contributed by atoms with Crippen molar-refractivity contribution in [2.24, 2.45) is 0 Å². The average molecular weight is 308 g/mol. The third-order valence-electron chi connectivity index (χ3n) is 3.87. The molecule has 2 atom stereocenters. The molecule has 2 unspecified atom stereocenters. The molecule has 108 valence electrons. The highest BCUT2D eigenvalue weighted by atomic mass is 32.2. The van der Waals surface area contributed by atoms with Gasteiger partial charge in [0.05, 0.1) is 5.39 Å². The minimum absolute atomic E-state index is 0.365. The SMILES string of the molecule is CCc1cc2c(NC3CCC(SC)C3)nc(N)nc2s1. The van der Waals surface area contributed by atoms with Gasteiger partial charge in [0.25, 0.3) is 0 Å². The zero-order valence-corrected chi connectivity index (χ0v) is 13.5. The number of hydrogen-bond donors (Lipinski definition) is 2. The lowest BCUT2D eigenvalue weighted by Crippen LogP contribution is -2.17. The van der Waals surface area contributed by atoms with E-state index in [4.69, 9.17) is 5.73 Å². The Morgan fingerprint density at radius 3 is 3.00 bits per heavy atom. The standard InChI is InChI=1S/C14H20N4S2/c1-3-9-7-11-12(17-14(15)18-13(11)20-9)16-8-4-5-10(6-8)19-2/h7-8,10H,3-6H2,1-2H3,(H3,15,16,17,18). The monoisotopic (exact) mass is 308 g/mol. The van der Waals surface area contributed by atoms with Crippen molar-refractivity contribution >= 4 is 45.1 Å². The molecule has 0 radical (unpaired) electrons. The van der Waals surface area contributed by atoms with Crippen molar-refractivity contribution < 1.29 is 0 Å². The minimum atomic E-state index is 0.365. The number of nitrogens with two attached hydrogens (primary N) is 1. The van der Waals surface area contributed by atoms with Gasteiger partial charge in [-0.25, -0.2) is 4.98 Å². The Balaban J connectivity index is 1.88. The van der Waals surface area contributed by atoms with Gasteiger partial charge in [0.15, 0.2) is 0 Å². The number of rotatable bonds is 4. The predicted molar refractivity (Wildman–Crippen MR) is 89.8 cm³/mol. The van der Waals surface area contributed by atoms with Crippen LogP contribution in [0.2, 0.25) is 0 Å². The zero-order chi connectivity index (χ0) is 14.1. The smallest absolute Gasteiger partial charge is 0.223 e. The van der Waals surface area contributed by atoms with Gasteiger partial charge in [-0.2, -0.15) is 16.7 Å². The van der Waals surface area contributed by atoms with Crippen molar-refractivity contribution in [3.63, 3.8) is 0 Å². The van der Waals surface area contributed by atoms with Gasteiger partial charge in [0, 0.05) is 16.2 Å². The van der Waals surface area contributed by atoms with Crippen LogP contribution in [0.3, 0.4) is 0 Å². The average Bonchev–Trinajstić information content (AvgIpc) is 3.04. The maximum atomic E-state index is 5.84. The second-order valence-electron chi connectivity index (χ2n) is 5.23. The van der Waals surface area contributed by atoms with Gasteiger partial charge in [0.1, 0.15) is 10.6 Å². The van der Waals surface area contributed by atoms with Crippen LogP contribution in [0.25, 0.3) is 10.2 Å². The van der Waals surface area contributed by atoms with Crippen molar-refractivity contribution in [3.05, 3.63) is 10.9 Å². The largest absolute Gasteiger partial charge is 0.368 e. The molecule has 0 amide bonds. The molecule has 20 heavy (non-hydrogen) atoms. The van der Waals surface area contributed by atoms with Crippen LogP contribution >= 0.6 is 23.1 Å². The van der Waals surface area contributed by atoms with Crippen LogP contribution in [0.4, 0.5) is 11.8 Å². The Bertz CT molecular complexity index is 610. The molecule has 0 saturated heterocycles. The maximum Gasteiger partial charge on any atom is 0.223 e. The summed E-state index contributed by atoms with van der Waals surface area (Å²) in [5.41, 5.74) is 5.84. The Morgan fingerprint density at radius 1 is 1.45 bits per heavy atom. The summed E-state index contributed by atoms with van der Waals surface area (Å²) in [7, 11) is 0. The molecule has 3 N–H and O–H groups in total. The van der Waals surface area contributed by atoms with E-state index in [1.165, 1.54) is 24.1 Å². The summed E-state index contributed by atoms with van der Waals surface area (Å²) < 4.78 is 0. The molecule has 4 nitrogen and oxygen atoms in total. The molecule has 0 spiro atoms. The number of thioether (sulfide) groups is 1. The normalized spacial score (nSPS) is 22.5. The lowest BCUT2D eigenvalue weighted by atomic mass is 10.2. The first kappa shape index (κ1) is 13.9. The number of nitrogens with zero attached hydrogens (tertiary/aromatic N) is 2. The minimum Gasteiger partial charge on any atom is -0.368 e. The van der Waals surface area contributed by atoms with E-state index in [0.717, 1.165) is 27.7 Å². The van der Waals surface area contributed by atoms with Crippen LogP contribution < -0.4 is 11.1 Å². The summed E-state index contributed by atoms with van der Waals surface area (Å²) in [5.74, 6) is 1.28. The molecule has 3 rings (SSSR count). The molecule has 0 bridgehead atoms. The molecular formula is C14H20N4S2. The molecule has 0 aliphatic heterocycles. The highest BCUT2D eigenvalue weighted by Gasteiger charge is 2.25. The van der Waals surface area contributed by atoms with Gasteiger partial charge in [0.2, 0.25) is 5.95 Å². The van der Waals surface area contributed by atoms with E-state index in [-0.39, 0.29) is 0 Å². The number of aromatic nitrogens is 2. The number of hydrogen-bond acceptors (Lipinski definition) is 6. The topological polar surface area (TPSA) is 63.8 Å². The van der Waals surface area contributed by atoms with E-state index in [0.29, 0.717) is 12.0 Å². The Labute approximate surface area is 127 Å². The highest BCUT2D eigenvalue weighted by molar-refractivity contribution is 7.99. The molecule has 0 aromatic carbocycles. The van der Waals surface area contributed by atoms with E-state index in [1.54, 1.807) is 11.3 Å². The second-order valence-corrected chi connectivity index (χ2v) is 7.48. The van der Waals surface area contributed by atoms with Crippen molar-refractivity contribution in [1.82, 2.24) is 9.97 Å². The van der Waals surface area contributed by atoms with Crippen LogP contribution in [0.15, 0.2) is 6.07 Å². The van der Waals surface area contributed by atoms with Crippen LogP contribution in [-0.2, 0) is 6.42 Å². The molecule has 1 aliphatic carbocycles. The summed E-state index contributed by atoms with van der Waals surface area (Å²) >= 11 is 3.68. The molecule has 1 fully saturated rings. The second kappa shape index (κ2) is 5.77. The van der Waals surface area contributed by atoms with Crippen molar-refractivity contribution in [3.8, 4) is 0 Å². The molecule has 2 aromatic rings. The molecule has 2 aromatic heterocycles. The quantitative estimate of drug-likeness (QED) is 0.904. The van der Waals surface area contributed by atoms with Crippen molar-refractivity contribution in [2.75, 3.05) is 17.3 Å². The fourth-order valence-electron chi connectivity index (χ4n) is 2.75. The molecule has 1 aliphatic rings. The third kappa shape index (κ3) is 2.72. The summed E-state index contributed by atoms with van der Waals surface area (Å²) in [4.78, 5) is 11.1. The van der Waals surface area contributed by atoms with Crippen molar-refractivity contribution in [2.45, 2.75) is 43.9 Å². The van der Waals surface area contributed by atoms with E-state index in [9.17, 15) is 0 Å². The van der Waals surface area contributed by atoms with Gasteiger partial charge in [-0.3, -0.25) is 0 Å². The fourth-order valence-corrected chi connectivity index (χ4v) is 4.52. The molecule has 6 heteroatoms. The number of anilines is 2. The Morgan fingerprint density at radius 2 is 2.30 bits per heavy atom. The van der Waals surface area contributed by atoms with Crippen LogP contribution in [-0.4, -0.2) is 27.5 Å². The maximum absolute atomic E-state index is 5.84. The summed E-state index contributed by atoms with van der Waals surface area (Å²) in [6, 6.07) is 2.71. The summed E-state index contributed by atoms with van der Waals surface area (Å²) in [6.45, 7) is 2.16. The van der Waals surface area contributed by atoms with E-state index >= 15 is 0 Å². The van der Waals surface area contributed by atoms with Crippen LogP contribution in [0.1, 0.15) is 31.1 Å². The number of fused-ring (bicyclic) bond motifs is 1. The number of aryl methyl sites for hydroxylation is 1. The lowest BCUT2D eigenvalue weighted by molar-refractivity contribution is 0.753. The first-order valence-electron chi connectivity index (χ1n) is 7.04. The van der Waals surface area contributed by atoms with Gasteiger partial charge < -0.3 is 11.1 Å². The number of thiophene rings is 1. The summed E-state index contributed by atoms with van der Waals surface area (Å²) in [5, 5.41) is 5.48. The Kier molecular flexibility index (Phi) is 4.03. The number of nitrogens with one attached hydrogen (secondary N) is 1. The van der Waals surface area contributed by atoms with Gasteiger partial charge in [-0.1, -0.05) is 6.92 Å². The zero-order valence-electron chi connectivity index (χ0n) is 11.8. The number of nitrogen functional groups attached to an aromatic ring is 1. The Hall–Kier alpha value is -1.01. The lowest BCUT2D eigenvalue weighted by Gasteiger charge is -2.14. The van der Waals surface area contributed by atoms with Gasteiger partial charge >= 0.3 is 0 Å². The van der Waals surface area contributed by atoms with E-state index in [1.807, 2.05) is 11.8 Å². The molecule has 1 saturated carbocycles. The molecular weight excluding hydrogens is 288 g/mol. The first-order valence-corrected chi connectivity index (χ1v) is 9.15. The van der Waals surface area contributed by atoms with Gasteiger partial charge in [-0.15, -0.1) is 11.3 Å². The van der Waals surface area contributed by atoms with E-state index in [2.05, 4.69) is 34.5 Å². The fraction of sp³-hybridized carbons (Fsp3) is 0.571. The van der Waals surface area contributed by atoms with Gasteiger partial charge in [-0.05, 0) is 38.0 Å². The van der Waals surface area contributed by atoms with Crippen LogP contribution in [0, 0.1) is 0 Å². The van der Waals surface area contributed by atoms with Crippen molar-refractivity contribution in [1.29, 1.82) is 0 Å². The molecule has 2 heterocycles. The third-order valence-corrected chi connectivity index (χ3v) is 6.14. The first-order chi connectivity index (χ1) is 9.69. The van der Waals surface area contributed by atoms with E-state index < -0.39 is 0 Å².